The molecule has 1 aromatic carbocycles. The van der Waals surface area contributed by atoms with Crippen LogP contribution in [-0.2, 0) is 19.6 Å². The second kappa shape index (κ2) is 9.14. The number of carbonyl (C=O) groups is 2. The number of aryl methyl sites for hydroxylation is 3. The summed E-state index contributed by atoms with van der Waals surface area (Å²) < 4.78 is 31.4. The number of nitrogens with one attached hydrogen (secondary N) is 2. The Bertz CT molecular complexity index is 1270. The number of nitrogens with zero attached hydrogens (tertiary/aromatic N) is 4. The Balaban J connectivity index is 1.67. The number of hydrogen-bond acceptors (Lipinski definition) is 8. The number of sulfonamides is 1. The fourth-order valence-corrected chi connectivity index (χ4v) is 3.42. The highest BCUT2D eigenvalue weighted by molar-refractivity contribution is 7.92. The average molecular weight is 459 g/mol. The summed E-state index contributed by atoms with van der Waals surface area (Å²) in [6.07, 6.45) is 0.998. The van der Waals surface area contributed by atoms with Gasteiger partial charge in [-0.2, -0.15) is 9.78 Å². The fraction of sp³-hybridized carbons (Fsp3) is 0.250. The minimum absolute atomic E-state index is 0.0935. The molecule has 168 valence electrons. The normalized spacial score (nSPS) is 11.1. The summed E-state index contributed by atoms with van der Waals surface area (Å²) >= 11 is 0. The van der Waals surface area contributed by atoms with Gasteiger partial charge < -0.3 is 10.1 Å². The average Bonchev–Trinajstić information content (AvgIpc) is 3.04. The smallest absolute Gasteiger partial charge is 0.338 e. The molecule has 3 aromatic rings. The highest BCUT2D eigenvalue weighted by Crippen LogP contribution is 2.16. The van der Waals surface area contributed by atoms with Gasteiger partial charge in [-0.1, -0.05) is 6.07 Å². The van der Waals surface area contributed by atoms with Crippen LogP contribution in [0.1, 0.15) is 27.4 Å². The first kappa shape index (κ1) is 22.9. The molecule has 11 nitrogen and oxygen atoms in total. The second-order valence-electron chi connectivity index (χ2n) is 7.11. The Morgan fingerprint density at radius 1 is 1.03 bits per heavy atom. The number of benzene rings is 1. The molecule has 0 aliphatic carbocycles. The van der Waals surface area contributed by atoms with Crippen LogP contribution in [0.15, 0.2) is 36.4 Å². The predicted octanol–water partition coefficient (Wildman–Crippen LogP) is 1.75. The van der Waals surface area contributed by atoms with Gasteiger partial charge in [-0.05, 0) is 45.0 Å². The predicted molar refractivity (Wildman–Crippen MR) is 117 cm³/mol. The Labute approximate surface area is 184 Å². The van der Waals surface area contributed by atoms with Gasteiger partial charge in [0.25, 0.3) is 11.9 Å². The largest absolute Gasteiger partial charge is 0.452 e. The maximum absolute atomic E-state index is 12.4. The standard InChI is InChI=1S/C20H22N6O5S/c1-12-8-13(2)22-20(21-12)26-17(9-14(3)24-26)23-18(27)11-31-19(28)15-6-5-7-16(10-15)25-32(4,29)30/h5-10,25H,11H2,1-4H3,(H,23,27). The van der Waals surface area contributed by atoms with E-state index in [1.165, 1.54) is 28.9 Å². The molecule has 0 atom stereocenters. The van der Waals surface area contributed by atoms with Gasteiger partial charge in [0.15, 0.2) is 6.61 Å². The molecule has 0 fully saturated rings. The van der Waals surface area contributed by atoms with Gasteiger partial charge in [-0.25, -0.2) is 23.2 Å². The quantitative estimate of drug-likeness (QED) is 0.509. The number of rotatable bonds is 7. The number of carbonyl (C=O) groups excluding carboxylic acids is 2. The van der Waals surface area contributed by atoms with Crippen molar-refractivity contribution in [2.24, 2.45) is 0 Å². The zero-order valence-electron chi connectivity index (χ0n) is 17.9. The third kappa shape index (κ3) is 6.11. The third-order valence-electron chi connectivity index (χ3n) is 3.99. The maximum atomic E-state index is 12.4. The van der Waals surface area contributed by atoms with Gasteiger partial charge in [0, 0.05) is 23.1 Å². The van der Waals surface area contributed by atoms with Crippen LogP contribution in [0.25, 0.3) is 5.95 Å². The molecular formula is C20H22N6O5S. The summed E-state index contributed by atoms with van der Waals surface area (Å²) in [6.45, 7) is 4.85. The van der Waals surface area contributed by atoms with E-state index in [2.05, 4.69) is 25.1 Å². The molecule has 1 amide bonds. The van der Waals surface area contributed by atoms with E-state index in [0.717, 1.165) is 17.6 Å². The molecule has 12 heteroatoms. The van der Waals surface area contributed by atoms with Gasteiger partial charge >= 0.3 is 5.97 Å². The van der Waals surface area contributed by atoms with E-state index in [1.54, 1.807) is 13.0 Å². The SMILES string of the molecule is Cc1cc(C)nc(-n2nc(C)cc2NC(=O)COC(=O)c2cccc(NS(C)(=O)=O)c2)n1. The number of amides is 1. The summed E-state index contributed by atoms with van der Waals surface area (Å²) in [5.74, 6) is -0.736. The molecule has 32 heavy (non-hydrogen) atoms. The van der Waals surface area contributed by atoms with Crippen LogP contribution in [-0.4, -0.2) is 52.9 Å². The number of anilines is 2. The van der Waals surface area contributed by atoms with Gasteiger partial charge in [-0.3, -0.25) is 9.52 Å². The lowest BCUT2D eigenvalue weighted by Gasteiger charge is -2.10. The van der Waals surface area contributed by atoms with E-state index in [1.807, 2.05) is 19.9 Å². The van der Waals surface area contributed by atoms with Crippen LogP contribution >= 0.6 is 0 Å². The first-order chi connectivity index (χ1) is 15.0. The molecule has 2 N–H and O–H groups in total. The Morgan fingerprint density at radius 3 is 2.38 bits per heavy atom. The third-order valence-corrected chi connectivity index (χ3v) is 4.60. The summed E-state index contributed by atoms with van der Waals surface area (Å²) in [5, 5.41) is 6.94. The van der Waals surface area contributed by atoms with Crippen molar-refractivity contribution in [2.45, 2.75) is 20.8 Å². The molecule has 3 rings (SSSR count). The Hall–Kier alpha value is -3.80. The van der Waals surface area contributed by atoms with E-state index >= 15 is 0 Å². The van der Waals surface area contributed by atoms with E-state index in [9.17, 15) is 18.0 Å². The van der Waals surface area contributed by atoms with Crippen molar-refractivity contribution >= 4 is 33.4 Å². The van der Waals surface area contributed by atoms with Crippen molar-refractivity contribution in [1.29, 1.82) is 0 Å². The number of ether oxygens (including phenoxy) is 1. The first-order valence-electron chi connectivity index (χ1n) is 9.44. The van der Waals surface area contributed by atoms with Crippen molar-refractivity contribution < 1.29 is 22.7 Å². The lowest BCUT2D eigenvalue weighted by molar-refractivity contribution is -0.119. The Kier molecular flexibility index (Phi) is 6.53. The van der Waals surface area contributed by atoms with Crippen LogP contribution in [0, 0.1) is 20.8 Å². The monoisotopic (exact) mass is 458 g/mol. The van der Waals surface area contributed by atoms with Crippen molar-refractivity contribution in [3.63, 3.8) is 0 Å². The molecule has 0 bridgehead atoms. The molecule has 0 saturated carbocycles. The van der Waals surface area contributed by atoms with Crippen LogP contribution in [0.4, 0.5) is 11.5 Å². The van der Waals surface area contributed by atoms with Crippen molar-refractivity contribution in [3.8, 4) is 5.95 Å². The van der Waals surface area contributed by atoms with Crippen LogP contribution in [0.3, 0.4) is 0 Å². The van der Waals surface area contributed by atoms with Crippen molar-refractivity contribution in [2.75, 3.05) is 22.9 Å². The molecule has 0 spiro atoms. The van der Waals surface area contributed by atoms with Gasteiger partial charge in [0.1, 0.15) is 5.82 Å². The summed E-state index contributed by atoms with van der Waals surface area (Å²) in [7, 11) is -3.50. The highest BCUT2D eigenvalue weighted by atomic mass is 32.2. The molecule has 2 heterocycles. The molecule has 0 saturated heterocycles. The van der Waals surface area contributed by atoms with Crippen molar-refractivity contribution in [3.05, 3.63) is 59.0 Å². The lowest BCUT2D eigenvalue weighted by Crippen LogP contribution is -2.23. The highest BCUT2D eigenvalue weighted by Gasteiger charge is 2.16. The van der Waals surface area contributed by atoms with Crippen molar-refractivity contribution in [1.82, 2.24) is 19.7 Å². The van der Waals surface area contributed by atoms with Gasteiger partial charge in [0.2, 0.25) is 10.0 Å². The minimum atomic E-state index is -3.50. The molecule has 0 radical (unpaired) electrons. The van der Waals surface area contributed by atoms with E-state index in [-0.39, 0.29) is 11.3 Å². The summed E-state index contributed by atoms with van der Waals surface area (Å²) in [5.41, 5.74) is 2.43. The minimum Gasteiger partial charge on any atom is -0.452 e. The number of hydrogen-bond donors (Lipinski definition) is 2. The molecular weight excluding hydrogens is 436 g/mol. The summed E-state index contributed by atoms with van der Waals surface area (Å²) in [4.78, 5) is 33.3. The lowest BCUT2D eigenvalue weighted by atomic mass is 10.2. The molecule has 2 aromatic heterocycles. The van der Waals surface area contributed by atoms with E-state index in [0.29, 0.717) is 17.5 Å². The van der Waals surface area contributed by atoms with E-state index in [4.69, 9.17) is 4.74 Å². The topological polar surface area (TPSA) is 145 Å². The van der Waals surface area contributed by atoms with Gasteiger partial charge in [-0.15, -0.1) is 0 Å². The molecule has 0 aliphatic rings. The number of aromatic nitrogens is 4. The van der Waals surface area contributed by atoms with Crippen LogP contribution < -0.4 is 10.0 Å². The first-order valence-corrected chi connectivity index (χ1v) is 11.3. The molecule has 0 unspecified atom stereocenters. The summed E-state index contributed by atoms with van der Waals surface area (Å²) in [6, 6.07) is 9.21. The number of esters is 1. The van der Waals surface area contributed by atoms with Crippen LogP contribution in [0.5, 0.6) is 0 Å². The maximum Gasteiger partial charge on any atom is 0.338 e. The zero-order chi connectivity index (χ0) is 23.5. The van der Waals surface area contributed by atoms with E-state index < -0.39 is 28.5 Å². The van der Waals surface area contributed by atoms with Crippen LogP contribution in [0.2, 0.25) is 0 Å². The zero-order valence-corrected chi connectivity index (χ0v) is 18.7. The Morgan fingerprint density at radius 2 is 1.72 bits per heavy atom. The second-order valence-corrected chi connectivity index (χ2v) is 8.86. The van der Waals surface area contributed by atoms with Gasteiger partial charge in [0.05, 0.1) is 17.5 Å². The molecule has 0 aliphatic heterocycles. The fourth-order valence-electron chi connectivity index (χ4n) is 2.86.